The maximum atomic E-state index is 4.93. The first-order valence-corrected chi connectivity index (χ1v) is 9.89. The molecule has 0 bridgehead atoms. The standard InChI is InChI=1S/C16H20N4S2/c1-21-17-10-11-6-7-14(22-11)15-12-4-2-5-13(12)18-16(19-15)20-8-3-9-20/h6-7,17H,2-5,8-10H2,1H3. The Morgan fingerprint density at radius 3 is 2.91 bits per heavy atom. The number of rotatable bonds is 5. The lowest BCUT2D eigenvalue weighted by atomic mass is 10.1. The van der Waals surface area contributed by atoms with Gasteiger partial charge in [0.25, 0.3) is 0 Å². The summed E-state index contributed by atoms with van der Waals surface area (Å²) in [4.78, 5) is 14.7. The first-order valence-electron chi connectivity index (χ1n) is 7.85. The van der Waals surface area contributed by atoms with Gasteiger partial charge in [0.2, 0.25) is 5.95 Å². The van der Waals surface area contributed by atoms with Crippen LogP contribution in [0.4, 0.5) is 5.95 Å². The van der Waals surface area contributed by atoms with Gasteiger partial charge in [-0.25, -0.2) is 9.97 Å². The molecule has 1 saturated heterocycles. The molecule has 6 heteroatoms. The molecular weight excluding hydrogens is 312 g/mol. The Kier molecular flexibility index (Phi) is 4.07. The molecule has 0 atom stereocenters. The quantitative estimate of drug-likeness (QED) is 0.851. The topological polar surface area (TPSA) is 41.1 Å². The summed E-state index contributed by atoms with van der Waals surface area (Å²) in [6, 6.07) is 4.44. The first kappa shape index (κ1) is 14.5. The fourth-order valence-corrected chi connectivity index (χ4v) is 4.38. The van der Waals surface area contributed by atoms with E-state index in [0.717, 1.165) is 38.4 Å². The fourth-order valence-electron chi connectivity index (χ4n) is 3.02. The maximum absolute atomic E-state index is 4.93. The van der Waals surface area contributed by atoms with Crippen molar-refractivity contribution in [3.63, 3.8) is 0 Å². The van der Waals surface area contributed by atoms with Crippen molar-refractivity contribution in [2.75, 3.05) is 24.2 Å². The van der Waals surface area contributed by atoms with Gasteiger partial charge >= 0.3 is 0 Å². The molecule has 4 rings (SSSR count). The summed E-state index contributed by atoms with van der Waals surface area (Å²) in [6.45, 7) is 3.12. The van der Waals surface area contributed by atoms with Crippen molar-refractivity contribution in [2.24, 2.45) is 0 Å². The van der Waals surface area contributed by atoms with E-state index in [9.17, 15) is 0 Å². The molecule has 2 aromatic rings. The molecule has 1 N–H and O–H groups in total. The number of hydrogen-bond donors (Lipinski definition) is 1. The zero-order chi connectivity index (χ0) is 14.9. The van der Waals surface area contributed by atoms with Gasteiger partial charge in [-0.2, -0.15) is 0 Å². The number of aromatic nitrogens is 2. The molecule has 0 radical (unpaired) electrons. The number of fused-ring (bicyclic) bond motifs is 1. The summed E-state index contributed by atoms with van der Waals surface area (Å²) in [6.07, 6.45) is 6.77. The third-order valence-electron chi connectivity index (χ3n) is 4.35. The Balaban J connectivity index is 1.70. The molecule has 0 aromatic carbocycles. The Morgan fingerprint density at radius 1 is 1.23 bits per heavy atom. The van der Waals surface area contributed by atoms with Crippen LogP contribution >= 0.6 is 23.3 Å². The average molecular weight is 332 g/mol. The van der Waals surface area contributed by atoms with Crippen molar-refractivity contribution in [2.45, 2.75) is 32.2 Å². The minimum atomic E-state index is 0.915. The lowest BCUT2D eigenvalue weighted by Crippen LogP contribution is -2.38. The normalized spacial score (nSPS) is 16.7. The van der Waals surface area contributed by atoms with Crippen molar-refractivity contribution >= 4 is 29.2 Å². The first-order chi connectivity index (χ1) is 10.8. The zero-order valence-corrected chi connectivity index (χ0v) is 14.4. The minimum absolute atomic E-state index is 0.915. The molecule has 2 aliphatic rings. The van der Waals surface area contributed by atoms with Gasteiger partial charge in [0.1, 0.15) is 0 Å². The van der Waals surface area contributed by atoms with E-state index >= 15 is 0 Å². The van der Waals surface area contributed by atoms with Crippen LogP contribution in [0.5, 0.6) is 0 Å². The van der Waals surface area contributed by atoms with Gasteiger partial charge < -0.3 is 4.90 Å². The number of anilines is 1. The van der Waals surface area contributed by atoms with Crippen LogP contribution in [0.2, 0.25) is 0 Å². The van der Waals surface area contributed by atoms with Gasteiger partial charge in [0, 0.05) is 35.8 Å². The van der Waals surface area contributed by atoms with Crippen molar-refractivity contribution in [1.29, 1.82) is 0 Å². The fraction of sp³-hybridized carbons (Fsp3) is 0.500. The number of thiophene rings is 1. The van der Waals surface area contributed by atoms with Crippen LogP contribution in [-0.4, -0.2) is 29.3 Å². The van der Waals surface area contributed by atoms with Crippen LogP contribution in [0.3, 0.4) is 0 Å². The zero-order valence-electron chi connectivity index (χ0n) is 12.8. The highest BCUT2D eigenvalue weighted by Gasteiger charge is 2.25. The number of aryl methyl sites for hydroxylation is 1. The van der Waals surface area contributed by atoms with E-state index in [1.165, 1.54) is 39.5 Å². The number of hydrogen-bond acceptors (Lipinski definition) is 6. The second kappa shape index (κ2) is 6.18. The molecule has 4 nitrogen and oxygen atoms in total. The van der Waals surface area contributed by atoms with Gasteiger partial charge in [-0.3, -0.25) is 4.72 Å². The van der Waals surface area contributed by atoms with Crippen molar-refractivity contribution < 1.29 is 0 Å². The van der Waals surface area contributed by atoms with Crippen molar-refractivity contribution in [1.82, 2.24) is 14.7 Å². The van der Waals surface area contributed by atoms with Crippen LogP contribution in [-0.2, 0) is 19.4 Å². The summed E-state index contributed by atoms with van der Waals surface area (Å²) in [5.41, 5.74) is 3.85. The monoisotopic (exact) mass is 332 g/mol. The number of nitrogens with one attached hydrogen (secondary N) is 1. The van der Waals surface area contributed by atoms with Gasteiger partial charge in [-0.15, -0.1) is 11.3 Å². The third-order valence-corrected chi connectivity index (χ3v) is 5.87. The average Bonchev–Trinajstić information content (AvgIpc) is 3.11. The number of nitrogens with zero attached hydrogens (tertiary/aromatic N) is 3. The van der Waals surface area contributed by atoms with Gasteiger partial charge in [0.15, 0.2) is 0 Å². The Labute approximate surface area is 139 Å². The van der Waals surface area contributed by atoms with Crippen LogP contribution in [0.1, 0.15) is 29.0 Å². The summed E-state index contributed by atoms with van der Waals surface area (Å²) < 4.78 is 3.32. The van der Waals surface area contributed by atoms with E-state index in [2.05, 4.69) is 28.0 Å². The van der Waals surface area contributed by atoms with Crippen LogP contribution in [0.25, 0.3) is 10.6 Å². The Morgan fingerprint density at radius 2 is 2.14 bits per heavy atom. The molecule has 0 amide bonds. The lowest BCUT2D eigenvalue weighted by molar-refractivity contribution is 0.599. The van der Waals surface area contributed by atoms with Gasteiger partial charge in [-0.05, 0) is 44.1 Å². The van der Waals surface area contributed by atoms with Crippen molar-refractivity contribution in [3.05, 3.63) is 28.3 Å². The third kappa shape index (κ3) is 2.64. The van der Waals surface area contributed by atoms with E-state index in [1.54, 1.807) is 11.9 Å². The van der Waals surface area contributed by atoms with Crippen LogP contribution in [0, 0.1) is 0 Å². The highest BCUT2D eigenvalue weighted by molar-refractivity contribution is 7.96. The largest absolute Gasteiger partial charge is 0.341 e. The van der Waals surface area contributed by atoms with Gasteiger partial charge in [0.05, 0.1) is 10.6 Å². The summed E-state index contributed by atoms with van der Waals surface area (Å²) in [7, 11) is 0. The van der Waals surface area contributed by atoms with E-state index in [0.29, 0.717) is 0 Å². The molecule has 2 aromatic heterocycles. The molecule has 1 fully saturated rings. The van der Waals surface area contributed by atoms with Crippen LogP contribution < -0.4 is 9.62 Å². The molecule has 0 unspecified atom stereocenters. The predicted octanol–water partition coefficient (Wildman–Crippen LogP) is 3.27. The molecule has 0 saturated carbocycles. The molecule has 22 heavy (non-hydrogen) atoms. The SMILES string of the molecule is CSNCc1ccc(-c2nc(N3CCC3)nc3c2CCC3)s1. The molecule has 116 valence electrons. The molecule has 1 aliphatic carbocycles. The molecule has 3 heterocycles. The highest BCUT2D eigenvalue weighted by Crippen LogP contribution is 2.36. The second-order valence-corrected chi connectivity index (χ2v) is 7.65. The van der Waals surface area contributed by atoms with E-state index < -0.39 is 0 Å². The molecule has 0 spiro atoms. The maximum Gasteiger partial charge on any atom is 0.226 e. The van der Waals surface area contributed by atoms with E-state index in [1.807, 2.05) is 11.3 Å². The lowest BCUT2D eigenvalue weighted by Gasteiger charge is -2.31. The van der Waals surface area contributed by atoms with E-state index in [4.69, 9.17) is 9.97 Å². The molecular formula is C16H20N4S2. The van der Waals surface area contributed by atoms with Crippen LogP contribution in [0.15, 0.2) is 12.1 Å². The summed E-state index contributed by atoms with van der Waals surface area (Å²) >= 11 is 3.52. The predicted molar refractivity (Wildman–Crippen MR) is 94.6 cm³/mol. The van der Waals surface area contributed by atoms with E-state index in [-0.39, 0.29) is 0 Å². The Bertz CT molecular complexity index is 679. The second-order valence-electron chi connectivity index (χ2n) is 5.78. The minimum Gasteiger partial charge on any atom is -0.341 e. The van der Waals surface area contributed by atoms with Crippen molar-refractivity contribution in [3.8, 4) is 10.6 Å². The van der Waals surface area contributed by atoms with Gasteiger partial charge in [-0.1, -0.05) is 11.9 Å². The summed E-state index contributed by atoms with van der Waals surface area (Å²) in [5, 5.41) is 0. The smallest absolute Gasteiger partial charge is 0.226 e. The summed E-state index contributed by atoms with van der Waals surface area (Å²) in [5.74, 6) is 0.944. The Hall–Kier alpha value is -1.11. The highest BCUT2D eigenvalue weighted by atomic mass is 32.2. The molecule has 1 aliphatic heterocycles.